The van der Waals surface area contributed by atoms with Crippen molar-refractivity contribution >= 4 is 29.3 Å². The molecule has 5 N–H and O–H groups in total. The summed E-state index contributed by atoms with van der Waals surface area (Å²) >= 11 is 0. The molecule has 3 aromatic rings. The van der Waals surface area contributed by atoms with Gasteiger partial charge in [0.2, 0.25) is 5.91 Å². The van der Waals surface area contributed by atoms with Crippen molar-refractivity contribution < 1.29 is 29.0 Å². The van der Waals surface area contributed by atoms with E-state index in [1.807, 2.05) is 0 Å². The standard InChI is InChI=1S/C29H31N3O6/c1-29(2,17-16-25(34)31-23-14-8-7-13-22(23)30)26(21-12-6-9-15-24(21)37-19-18-33)38-28(36)32-27(35)20-10-4-3-5-11-20/h3-17,26,33H,18-19,30H2,1-2H3,(H,31,34)(H,32,35,36)/b17-16+/t26-/m0/s1. The number of ether oxygens (including phenoxy) is 2. The van der Waals surface area contributed by atoms with Crippen LogP contribution >= 0.6 is 0 Å². The number of para-hydroxylation sites is 3. The van der Waals surface area contributed by atoms with Crippen LogP contribution in [-0.2, 0) is 9.53 Å². The van der Waals surface area contributed by atoms with Gasteiger partial charge in [-0.05, 0) is 36.4 Å². The molecule has 198 valence electrons. The van der Waals surface area contributed by atoms with Crippen LogP contribution in [-0.4, -0.2) is 36.2 Å². The van der Waals surface area contributed by atoms with Gasteiger partial charge in [-0.1, -0.05) is 68.5 Å². The molecule has 1 atom stereocenters. The predicted octanol–water partition coefficient (Wildman–Crippen LogP) is 4.47. The van der Waals surface area contributed by atoms with Gasteiger partial charge in [-0.2, -0.15) is 0 Å². The second-order valence-corrected chi connectivity index (χ2v) is 8.95. The number of hydrogen-bond donors (Lipinski definition) is 4. The lowest BCUT2D eigenvalue weighted by molar-refractivity contribution is -0.112. The summed E-state index contributed by atoms with van der Waals surface area (Å²) in [7, 11) is 0. The van der Waals surface area contributed by atoms with Crippen LogP contribution in [0.1, 0.15) is 35.9 Å². The maximum absolute atomic E-state index is 12.8. The van der Waals surface area contributed by atoms with Crippen molar-refractivity contribution in [2.24, 2.45) is 5.41 Å². The van der Waals surface area contributed by atoms with Gasteiger partial charge >= 0.3 is 6.09 Å². The van der Waals surface area contributed by atoms with Gasteiger partial charge in [0.1, 0.15) is 18.5 Å². The highest BCUT2D eigenvalue weighted by molar-refractivity contribution is 6.03. The number of anilines is 2. The smallest absolute Gasteiger partial charge is 0.414 e. The van der Waals surface area contributed by atoms with Gasteiger partial charge < -0.3 is 25.6 Å². The van der Waals surface area contributed by atoms with Crippen LogP contribution in [0.2, 0.25) is 0 Å². The van der Waals surface area contributed by atoms with Crippen molar-refractivity contribution in [1.82, 2.24) is 5.32 Å². The Labute approximate surface area is 221 Å². The first-order valence-electron chi connectivity index (χ1n) is 12.0. The van der Waals surface area contributed by atoms with Crippen LogP contribution in [0, 0.1) is 5.41 Å². The number of aliphatic hydroxyl groups excluding tert-OH is 1. The normalized spacial score (nSPS) is 12.0. The Morgan fingerprint density at radius 1 is 0.974 bits per heavy atom. The van der Waals surface area contributed by atoms with Crippen molar-refractivity contribution in [3.05, 3.63) is 102 Å². The van der Waals surface area contributed by atoms with E-state index in [0.717, 1.165) is 0 Å². The van der Waals surface area contributed by atoms with E-state index in [9.17, 15) is 19.5 Å². The first kappa shape index (κ1) is 27.9. The fourth-order valence-corrected chi connectivity index (χ4v) is 3.65. The minimum absolute atomic E-state index is 0.0274. The van der Waals surface area contributed by atoms with Crippen molar-refractivity contribution in [3.8, 4) is 5.75 Å². The fraction of sp³-hybridized carbons (Fsp3) is 0.207. The zero-order valence-corrected chi connectivity index (χ0v) is 21.2. The minimum Gasteiger partial charge on any atom is -0.491 e. The highest BCUT2D eigenvalue weighted by atomic mass is 16.6. The van der Waals surface area contributed by atoms with Gasteiger partial charge in [0.05, 0.1) is 18.0 Å². The van der Waals surface area contributed by atoms with E-state index in [1.165, 1.54) is 6.08 Å². The van der Waals surface area contributed by atoms with Crippen molar-refractivity contribution in [1.29, 1.82) is 0 Å². The number of nitrogens with two attached hydrogens (primary N) is 1. The summed E-state index contributed by atoms with van der Waals surface area (Å²) in [4.78, 5) is 38.0. The van der Waals surface area contributed by atoms with Crippen LogP contribution in [0.4, 0.5) is 16.2 Å². The average molecular weight is 518 g/mol. The molecule has 0 unspecified atom stereocenters. The Morgan fingerprint density at radius 2 is 1.63 bits per heavy atom. The number of alkyl carbamates (subject to hydrolysis) is 1. The van der Waals surface area contributed by atoms with E-state index in [2.05, 4.69) is 10.6 Å². The Kier molecular flexibility index (Phi) is 9.61. The first-order chi connectivity index (χ1) is 18.2. The molecular formula is C29H31N3O6. The molecule has 0 aliphatic rings. The summed E-state index contributed by atoms with van der Waals surface area (Å²) in [5.41, 5.74) is 6.63. The molecule has 38 heavy (non-hydrogen) atoms. The fourth-order valence-electron chi connectivity index (χ4n) is 3.65. The molecule has 0 spiro atoms. The predicted molar refractivity (Wildman–Crippen MR) is 145 cm³/mol. The monoisotopic (exact) mass is 517 g/mol. The molecule has 3 rings (SSSR count). The number of amides is 3. The molecule has 0 bridgehead atoms. The molecule has 9 nitrogen and oxygen atoms in total. The van der Waals surface area contributed by atoms with E-state index >= 15 is 0 Å². The van der Waals surface area contributed by atoms with Crippen LogP contribution in [0.5, 0.6) is 5.75 Å². The topological polar surface area (TPSA) is 140 Å². The third-order valence-corrected chi connectivity index (χ3v) is 5.59. The zero-order chi connectivity index (χ0) is 27.5. The Morgan fingerprint density at radius 3 is 2.34 bits per heavy atom. The van der Waals surface area contributed by atoms with Gasteiger partial charge in [-0.25, -0.2) is 4.79 Å². The van der Waals surface area contributed by atoms with Crippen molar-refractivity contribution in [2.75, 3.05) is 24.3 Å². The maximum atomic E-state index is 12.8. The molecular weight excluding hydrogens is 486 g/mol. The number of carbonyl (C=O) groups excluding carboxylic acids is 3. The highest BCUT2D eigenvalue weighted by Crippen LogP contribution is 2.42. The number of benzene rings is 3. The summed E-state index contributed by atoms with van der Waals surface area (Å²) in [6, 6.07) is 22.0. The molecule has 0 aromatic heterocycles. The van der Waals surface area contributed by atoms with Crippen LogP contribution in [0.25, 0.3) is 0 Å². The van der Waals surface area contributed by atoms with Gasteiger partial charge in [0.25, 0.3) is 5.91 Å². The average Bonchev–Trinajstić information content (AvgIpc) is 2.91. The summed E-state index contributed by atoms with van der Waals surface area (Å²) < 4.78 is 11.4. The molecule has 0 radical (unpaired) electrons. The maximum Gasteiger partial charge on any atom is 0.414 e. The number of rotatable bonds is 10. The van der Waals surface area contributed by atoms with E-state index in [1.54, 1.807) is 98.8 Å². The van der Waals surface area contributed by atoms with Crippen LogP contribution < -0.4 is 21.1 Å². The number of nitrogen functional groups attached to an aromatic ring is 1. The molecule has 0 heterocycles. The van der Waals surface area contributed by atoms with Gasteiger partial charge in [-0.3, -0.25) is 14.9 Å². The van der Waals surface area contributed by atoms with Gasteiger partial charge in [0.15, 0.2) is 0 Å². The number of nitrogens with one attached hydrogen (secondary N) is 2. The Hall–Kier alpha value is -4.63. The SMILES string of the molecule is CC(C)(/C=C/C(=O)Nc1ccccc1N)[C@@H](OC(=O)NC(=O)c1ccccc1)c1ccccc1OCCO. The van der Waals surface area contributed by atoms with Crippen LogP contribution in [0.15, 0.2) is 91.0 Å². The number of imide groups is 1. The zero-order valence-electron chi connectivity index (χ0n) is 21.2. The summed E-state index contributed by atoms with van der Waals surface area (Å²) in [6.45, 7) is 3.36. The second kappa shape index (κ2) is 13.1. The lowest BCUT2D eigenvalue weighted by Gasteiger charge is -2.32. The molecule has 0 fully saturated rings. The van der Waals surface area contributed by atoms with E-state index in [-0.39, 0.29) is 13.2 Å². The molecule has 0 saturated heterocycles. The quantitative estimate of drug-likeness (QED) is 0.230. The Balaban J connectivity index is 1.86. The summed E-state index contributed by atoms with van der Waals surface area (Å²) in [6.07, 6.45) is 0.976. The molecule has 0 aliphatic carbocycles. The lowest BCUT2D eigenvalue weighted by atomic mass is 9.81. The third-order valence-electron chi connectivity index (χ3n) is 5.59. The third kappa shape index (κ3) is 7.68. The number of carbonyl (C=O) groups is 3. The minimum atomic E-state index is -0.980. The largest absolute Gasteiger partial charge is 0.491 e. The summed E-state index contributed by atoms with van der Waals surface area (Å²) in [5, 5.41) is 14.2. The highest BCUT2D eigenvalue weighted by Gasteiger charge is 2.35. The molecule has 9 heteroatoms. The first-order valence-corrected chi connectivity index (χ1v) is 12.0. The summed E-state index contributed by atoms with van der Waals surface area (Å²) in [5.74, 6) is -0.660. The number of aliphatic hydroxyl groups is 1. The Bertz CT molecular complexity index is 1290. The second-order valence-electron chi connectivity index (χ2n) is 8.95. The number of hydrogen-bond acceptors (Lipinski definition) is 7. The van der Waals surface area contributed by atoms with E-state index in [4.69, 9.17) is 15.2 Å². The van der Waals surface area contributed by atoms with Crippen molar-refractivity contribution in [3.63, 3.8) is 0 Å². The molecule has 3 aromatic carbocycles. The lowest BCUT2D eigenvalue weighted by Crippen LogP contribution is -2.35. The molecule has 0 saturated carbocycles. The molecule has 3 amide bonds. The van der Waals surface area contributed by atoms with Crippen molar-refractivity contribution in [2.45, 2.75) is 20.0 Å². The van der Waals surface area contributed by atoms with E-state index < -0.39 is 29.4 Å². The van der Waals surface area contributed by atoms with Gasteiger partial charge in [0, 0.05) is 16.5 Å². The van der Waals surface area contributed by atoms with Crippen LogP contribution in [0.3, 0.4) is 0 Å². The molecule has 0 aliphatic heterocycles. The van der Waals surface area contributed by atoms with Gasteiger partial charge in [-0.15, -0.1) is 0 Å². The van der Waals surface area contributed by atoms with E-state index in [0.29, 0.717) is 28.3 Å².